The number of aliphatic hydroxyl groups excluding tert-OH is 1. The van der Waals surface area contributed by atoms with Crippen LogP contribution in [0.4, 0.5) is 4.79 Å². The van der Waals surface area contributed by atoms with Gasteiger partial charge in [-0.15, -0.1) is 18.9 Å². The molecule has 0 saturated carbocycles. The number of cyclic esters (lactones) is 2. The lowest BCUT2D eigenvalue weighted by molar-refractivity contribution is -0.139. The number of epoxide rings is 1. The van der Waals surface area contributed by atoms with Gasteiger partial charge in [0, 0.05) is 25.2 Å². The van der Waals surface area contributed by atoms with Crippen molar-refractivity contribution in [2.75, 3.05) is 37.9 Å². The summed E-state index contributed by atoms with van der Waals surface area (Å²) in [6, 6.07) is 0. The highest BCUT2D eigenvalue weighted by Crippen LogP contribution is 2.28. The number of carboxylic acid groups (broad SMARTS) is 1. The summed E-state index contributed by atoms with van der Waals surface area (Å²) in [7, 11) is 0. The summed E-state index contributed by atoms with van der Waals surface area (Å²) in [6.07, 6.45) is 12.0. The van der Waals surface area contributed by atoms with Crippen LogP contribution in [0.25, 0.3) is 0 Å². The third kappa shape index (κ3) is 106. The molecule has 0 bridgehead atoms. The number of carboxylic acids is 1. The molecule has 2 fully saturated rings. The van der Waals surface area contributed by atoms with Gasteiger partial charge in [-0.2, -0.15) is 25.3 Å². The van der Waals surface area contributed by atoms with Crippen molar-refractivity contribution >= 4 is 43.2 Å². The predicted molar refractivity (Wildman–Crippen MR) is 304 cm³/mol. The summed E-state index contributed by atoms with van der Waals surface area (Å²) in [5, 5.41) is 16.7. The minimum Gasteiger partial charge on any atom is -0.481 e. The number of carbonyl (C=O) groups is 3. The molecule has 0 amide bonds. The Kier molecular flexibility index (Phi) is 44.9. The van der Waals surface area contributed by atoms with Gasteiger partial charge in [0.05, 0.1) is 19.1 Å². The van der Waals surface area contributed by atoms with Gasteiger partial charge < -0.3 is 30.2 Å². The van der Waals surface area contributed by atoms with Gasteiger partial charge in [0.2, 0.25) is 0 Å². The number of ether oxygens (including phenoxy) is 3. The van der Waals surface area contributed by atoms with Crippen molar-refractivity contribution in [3.63, 3.8) is 0 Å². The first-order chi connectivity index (χ1) is 29.7. The highest BCUT2D eigenvalue weighted by molar-refractivity contribution is 7.81. The van der Waals surface area contributed by atoms with Gasteiger partial charge in [0.15, 0.2) is 0 Å². The predicted octanol–water partition coefficient (Wildman–Crippen LogP) is 15.9. The molecule has 2 heterocycles. The highest BCUT2D eigenvalue weighted by Gasteiger charge is 2.29. The molecule has 2 aliphatic rings. The smallest absolute Gasteiger partial charge is 0.481 e. The number of aliphatic hydroxyl groups is 1. The molecule has 68 heavy (non-hydrogen) atoms. The Hall–Kier alpha value is -1.71. The molecule has 0 aromatic carbocycles. The molecule has 11 heteroatoms. The number of carbonyl (C=O) groups excluding carboxylic acids is 2. The van der Waals surface area contributed by atoms with Gasteiger partial charge in [0.1, 0.15) is 18.5 Å². The monoisotopic (exact) mass is 1010 g/mol. The zero-order valence-electron chi connectivity index (χ0n) is 49.8. The van der Waals surface area contributed by atoms with Crippen LogP contribution in [0, 0.1) is 61.1 Å². The fraction of sp³-hybridized carbons (Fsp3) is 0.877. The molecule has 4 N–H and O–H groups in total. The third-order valence-corrected chi connectivity index (χ3v) is 8.57. The Balaban J connectivity index is -0.000000124. The van der Waals surface area contributed by atoms with Crippen molar-refractivity contribution in [1.82, 2.24) is 0 Å². The highest BCUT2D eigenvalue weighted by atomic mass is 32.1. The van der Waals surface area contributed by atoms with E-state index in [1.807, 2.05) is 68.4 Å². The summed E-state index contributed by atoms with van der Waals surface area (Å²) < 4.78 is 14.6. The third-order valence-electron chi connectivity index (χ3n) is 7.27. The van der Waals surface area contributed by atoms with Crippen molar-refractivity contribution in [3.05, 3.63) is 12.7 Å². The first-order valence-electron chi connectivity index (χ1n) is 24.5. The van der Waals surface area contributed by atoms with Gasteiger partial charge in [-0.1, -0.05) is 193 Å². The first kappa shape index (κ1) is 80.4. The quantitative estimate of drug-likeness (QED) is 0.0576. The van der Waals surface area contributed by atoms with Crippen LogP contribution < -0.4 is 5.73 Å². The van der Waals surface area contributed by atoms with Crippen molar-refractivity contribution in [1.29, 1.82) is 0 Å². The molecule has 0 aromatic rings. The minimum absolute atomic E-state index is 0.0394. The van der Waals surface area contributed by atoms with Crippen LogP contribution in [0.3, 0.4) is 0 Å². The van der Waals surface area contributed by atoms with Gasteiger partial charge in [-0.05, 0) is 80.3 Å². The molecule has 2 aliphatic heterocycles. The van der Waals surface area contributed by atoms with Crippen molar-refractivity contribution in [2.24, 2.45) is 54.5 Å². The molecule has 0 spiro atoms. The number of terminal acetylenes is 1. The molecule has 2 unspecified atom stereocenters. The Labute approximate surface area is 435 Å². The van der Waals surface area contributed by atoms with Crippen molar-refractivity contribution in [2.45, 2.75) is 238 Å². The van der Waals surface area contributed by atoms with E-state index in [1.54, 1.807) is 0 Å². The second-order valence-corrected chi connectivity index (χ2v) is 29.2. The molecule has 0 radical (unpaired) electrons. The fourth-order valence-corrected chi connectivity index (χ4v) is 3.97. The Morgan fingerprint density at radius 3 is 1.09 bits per heavy atom. The van der Waals surface area contributed by atoms with Crippen LogP contribution in [0.1, 0.15) is 225 Å². The summed E-state index contributed by atoms with van der Waals surface area (Å²) in [5.74, 6) is 3.45. The molecular formula is C57H117NO8S2. The Morgan fingerprint density at radius 2 is 1.00 bits per heavy atom. The van der Waals surface area contributed by atoms with Gasteiger partial charge in [-0.3, -0.25) is 9.59 Å². The number of ketones is 1. The van der Waals surface area contributed by atoms with Crippen LogP contribution in [0.5, 0.6) is 0 Å². The first-order valence-corrected chi connectivity index (χ1v) is 25.7. The summed E-state index contributed by atoms with van der Waals surface area (Å²) in [4.78, 5) is 31.3. The maximum Gasteiger partial charge on any atom is 0.508 e. The molecule has 9 nitrogen and oxygen atoms in total. The lowest BCUT2D eigenvalue weighted by Crippen LogP contribution is -2.19. The molecule has 2 atom stereocenters. The number of nitrogens with two attached hydrogens (primary N) is 1. The largest absolute Gasteiger partial charge is 0.508 e. The molecular weight excluding hydrogens is 891 g/mol. The van der Waals surface area contributed by atoms with E-state index < -0.39 is 12.1 Å². The summed E-state index contributed by atoms with van der Waals surface area (Å²) in [6.45, 7) is 62.9. The van der Waals surface area contributed by atoms with Crippen LogP contribution in [-0.2, 0) is 23.8 Å². The van der Waals surface area contributed by atoms with E-state index >= 15 is 0 Å². The maximum atomic E-state index is 10.8. The second-order valence-electron chi connectivity index (χ2n) is 28.5. The van der Waals surface area contributed by atoms with Gasteiger partial charge in [-0.25, -0.2) is 4.79 Å². The van der Waals surface area contributed by atoms with Crippen molar-refractivity contribution in [3.8, 4) is 12.3 Å². The number of rotatable bonds is 6. The Morgan fingerprint density at radius 1 is 0.647 bits per heavy atom. The normalized spacial score (nSPS) is 15.6. The average Bonchev–Trinajstić information content (AvgIpc) is 3.78. The van der Waals surface area contributed by atoms with E-state index in [-0.39, 0.29) is 46.6 Å². The maximum absolute atomic E-state index is 10.8. The number of hydrogen-bond acceptors (Lipinski definition) is 10. The van der Waals surface area contributed by atoms with Gasteiger partial charge in [0.25, 0.3) is 0 Å². The van der Waals surface area contributed by atoms with E-state index in [1.165, 1.54) is 6.42 Å². The lowest BCUT2D eigenvalue weighted by atomic mass is 9.89. The number of Topliss-reactive ketones (excluding diaryl/α,β-unsaturated/α-hetero) is 1. The number of hydrogen-bond donors (Lipinski definition) is 5. The Bertz CT molecular complexity index is 1270. The fourth-order valence-electron chi connectivity index (χ4n) is 3.86. The summed E-state index contributed by atoms with van der Waals surface area (Å²) >= 11 is 7.98. The van der Waals surface area contributed by atoms with E-state index in [0.29, 0.717) is 52.0 Å². The summed E-state index contributed by atoms with van der Waals surface area (Å²) in [5.41, 5.74) is 7.57. The van der Waals surface area contributed by atoms with E-state index in [9.17, 15) is 14.4 Å². The van der Waals surface area contributed by atoms with E-state index in [0.717, 1.165) is 38.2 Å². The average molecular weight is 1010 g/mol. The van der Waals surface area contributed by atoms with Crippen LogP contribution >= 0.6 is 25.3 Å². The standard InChI is InChI=1S/C8H14O3.C7H14OS.C7H14O.C7H14.C7H12.C6H12O2.C5H13N.C5H12O.C5H12S/c1-8(2,3)4-6-5-10-7(9)11-6;1-7(2,3)4-6(8)5-9;1-7(2,3)4-6-5-8-6;2*1-5-6-7(2,3)4;1-6(2,3)4-5(7)8;3*1-5(2,3)4-6/h6H,4-5H2,1-3H3;9H,4-5H2,1-3H3;6H,4-5H2,1-3H3;5H,1,6H2,2-4H3;1H,6H2,2-4H3;4H2,1-3H3,(H,7,8);4,6H2,1-3H3;2*6H,4H2,1-3H3. The van der Waals surface area contributed by atoms with Crippen LogP contribution in [-0.4, -0.2) is 78.2 Å². The number of allylic oxidation sites excluding steroid dienone is 1. The van der Waals surface area contributed by atoms with Gasteiger partial charge >= 0.3 is 12.1 Å². The zero-order chi connectivity index (χ0) is 56.4. The molecule has 2 rings (SSSR count). The van der Waals surface area contributed by atoms with Crippen LogP contribution in [0.15, 0.2) is 12.7 Å². The molecule has 0 aromatic heterocycles. The molecule has 410 valence electrons. The topological polar surface area (TPSA) is 149 Å². The number of aliphatic carboxylic acids is 1. The van der Waals surface area contributed by atoms with E-state index in [4.69, 9.17) is 31.8 Å². The second kappa shape index (κ2) is 38.0. The van der Waals surface area contributed by atoms with Crippen molar-refractivity contribution < 1.29 is 38.8 Å². The molecule has 0 aliphatic carbocycles. The molecule has 2 saturated heterocycles. The zero-order valence-corrected chi connectivity index (χ0v) is 51.6. The van der Waals surface area contributed by atoms with E-state index in [2.05, 4.69) is 167 Å². The lowest BCUT2D eigenvalue weighted by Gasteiger charge is -2.19. The number of thiol groups is 2. The minimum atomic E-state index is -0.725. The van der Waals surface area contributed by atoms with Crippen LogP contribution in [0.2, 0.25) is 0 Å². The SMILES string of the molecule is C#CCC(C)(C)C.C=CCC(C)(C)C.CC(C)(C)CC(=O)CS.CC(C)(C)CC(=O)O.CC(C)(C)CC1CO1.CC(C)(C)CC1COC(=O)O1.CC(C)(C)CN.CC(C)(C)CO.CC(C)(C)CS.